The van der Waals surface area contributed by atoms with Crippen molar-refractivity contribution in [3.8, 4) is 33.9 Å². The molecule has 0 aliphatic carbocycles. The number of aromatic nitrogens is 3. The molecule has 2 heterocycles. The first-order chi connectivity index (χ1) is 13.8. The zero-order valence-electron chi connectivity index (χ0n) is 14.9. The van der Waals surface area contributed by atoms with E-state index in [1.54, 1.807) is 12.1 Å². The number of H-pyrrole nitrogens is 1. The summed E-state index contributed by atoms with van der Waals surface area (Å²) in [7, 11) is 0. The van der Waals surface area contributed by atoms with Crippen molar-refractivity contribution in [2.45, 2.75) is 0 Å². The molecule has 0 unspecified atom stereocenters. The van der Waals surface area contributed by atoms with Crippen LogP contribution in [0.1, 0.15) is 0 Å². The normalized spacial score (nSPS) is 11.0. The summed E-state index contributed by atoms with van der Waals surface area (Å²) in [5.74, 6) is 0.430. The molecule has 0 spiro atoms. The van der Waals surface area contributed by atoms with Gasteiger partial charge in [0.15, 0.2) is 0 Å². The number of pyridine rings is 1. The molecule has 0 aliphatic heterocycles. The Morgan fingerprint density at radius 3 is 2.29 bits per heavy atom. The number of benzene rings is 3. The number of rotatable bonds is 3. The van der Waals surface area contributed by atoms with E-state index < -0.39 is 0 Å². The van der Waals surface area contributed by atoms with Gasteiger partial charge in [0.1, 0.15) is 11.6 Å². The van der Waals surface area contributed by atoms with Gasteiger partial charge in [-0.15, -0.1) is 0 Å². The zero-order valence-corrected chi connectivity index (χ0v) is 14.9. The fourth-order valence-electron chi connectivity index (χ4n) is 3.34. The number of fused-ring (bicyclic) bond motifs is 1. The fourth-order valence-corrected chi connectivity index (χ4v) is 3.34. The minimum Gasteiger partial charge on any atom is -0.337 e. The largest absolute Gasteiger partial charge is 0.337 e. The number of aromatic amines is 1. The second-order valence-electron chi connectivity index (χ2n) is 6.60. The van der Waals surface area contributed by atoms with E-state index in [2.05, 4.69) is 16.0 Å². The summed E-state index contributed by atoms with van der Waals surface area (Å²) < 4.78 is 13.3. The number of hydrogen-bond acceptors (Lipinski definition) is 2. The molecule has 2 aromatic heterocycles. The molecule has 0 aliphatic rings. The van der Waals surface area contributed by atoms with E-state index in [9.17, 15) is 4.39 Å². The summed E-state index contributed by atoms with van der Waals surface area (Å²) >= 11 is 0. The van der Waals surface area contributed by atoms with Crippen LogP contribution in [0.15, 0.2) is 91.1 Å². The molecule has 28 heavy (non-hydrogen) atoms. The molecular formula is C24H16FN3. The monoisotopic (exact) mass is 365 g/mol. The molecule has 5 aromatic rings. The molecule has 0 atom stereocenters. The van der Waals surface area contributed by atoms with Gasteiger partial charge in [0, 0.05) is 28.3 Å². The molecule has 3 nitrogen and oxygen atoms in total. The molecule has 4 heteroatoms. The topological polar surface area (TPSA) is 41.6 Å². The Labute approximate surface area is 161 Å². The lowest BCUT2D eigenvalue weighted by Crippen LogP contribution is -1.86. The average Bonchev–Trinajstić information content (AvgIpc) is 3.20. The first kappa shape index (κ1) is 16.4. The van der Waals surface area contributed by atoms with Crippen LogP contribution in [-0.4, -0.2) is 15.0 Å². The van der Waals surface area contributed by atoms with Crippen molar-refractivity contribution >= 4 is 10.9 Å². The van der Waals surface area contributed by atoms with Gasteiger partial charge in [0.2, 0.25) is 0 Å². The molecule has 134 valence electrons. The highest BCUT2D eigenvalue weighted by Gasteiger charge is 2.16. The number of para-hydroxylation sites is 1. The lowest BCUT2D eigenvalue weighted by atomic mass is 10.0. The third-order valence-electron chi connectivity index (χ3n) is 4.75. The van der Waals surface area contributed by atoms with Crippen molar-refractivity contribution in [1.29, 1.82) is 0 Å². The lowest BCUT2D eigenvalue weighted by molar-refractivity contribution is 0.628. The fraction of sp³-hybridized carbons (Fsp3) is 0. The van der Waals surface area contributed by atoms with Crippen molar-refractivity contribution in [3.63, 3.8) is 0 Å². The minimum absolute atomic E-state index is 0.266. The van der Waals surface area contributed by atoms with E-state index in [1.165, 1.54) is 12.1 Å². The first-order valence-electron chi connectivity index (χ1n) is 9.04. The smallest absolute Gasteiger partial charge is 0.138 e. The van der Waals surface area contributed by atoms with Crippen LogP contribution >= 0.6 is 0 Å². The Bertz CT molecular complexity index is 1260. The molecule has 1 N–H and O–H groups in total. The van der Waals surface area contributed by atoms with Crippen molar-refractivity contribution < 1.29 is 4.39 Å². The molecule has 5 rings (SSSR count). The Balaban J connectivity index is 1.71. The van der Waals surface area contributed by atoms with Crippen LogP contribution in [0, 0.1) is 5.82 Å². The Morgan fingerprint density at radius 1 is 0.714 bits per heavy atom. The highest BCUT2D eigenvalue weighted by atomic mass is 19.1. The summed E-state index contributed by atoms with van der Waals surface area (Å²) in [6.07, 6.45) is 1.85. The quantitative estimate of drug-likeness (QED) is 0.420. The maximum absolute atomic E-state index is 13.3. The van der Waals surface area contributed by atoms with Crippen LogP contribution in [0.25, 0.3) is 44.8 Å². The molecule has 0 amide bonds. The van der Waals surface area contributed by atoms with Gasteiger partial charge in [-0.1, -0.05) is 48.5 Å². The zero-order chi connectivity index (χ0) is 18.9. The van der Waals surface area contributed by atoms with E-state index in [0.29, 0.717) is 5.82 Å². The van der Waals surface area contributed by atoms with Gasteiger partial charge in [0.25, 0.3) is 0 Å². The van der Waals surface area contributed by atoms with Crippen molar-refractivity contribution in [3.05, 3.63) is 96.9 Å². The van der Waals surface area contributed by atoms with Crippen LogP contribution in [0.2, 0.25) is 0 Å². The SMILES string of the molecule is Fc1ccc(-c2nc(-c3cnc4ccccc4c3)c(-c3ccccc3)[nH]2)cc1. The van der Waals surface area contributed by atoms with E-state index in [-0.39, 0.29) is 5.82 Å². The Kier molecular flexibility index (Phi) is 3.95. The molecular weight excluding hydrogens is 349 g/mol. The molecule has 0 saturated carbocycles. The molecule has 3 aromatic carbocycles. The summed E-state index contributed by atoms with van der Waals surface area (Å²) in [6.45, 7) is 0. The van der Waals surface area contributed by atoms with Crippen LogP contribution in [-0.2, 0) is 0 Å². The van der Waals surface area contributed by atoms with Gasteiger partial charge in [-0.05, 0) is 36.4 Å². The van der Waals surface area contributed by atoms with E-state index >= 15 is 0 Å². The van der Waals surface area contributed by atoms with Crippen molar-refractivity contribution in [1.82, 2.24) is 15.0 Å². The summed E-state index contributed by atoms with van der Waals surface area (Å²) in [4.78, 5) is 12.8. The highest BCUT2D eigenvalue weighted by molar-refractivity contribution is 5.87. The summed E-state index contributed by atoms with van der Waals surface area (Å²) in [5.41, 5.74) is 5.48. The van der Waals surface area contributed by atoms with E-state index in [4.69, 9.17) is 4.98 Å². The first-order valence-corrected chi connectivity index (χ1v) is 9.04. The van der Waals surface area contributed by atoms with Gasteiger partial charge >= 0.3 is 0 Å². The predicted octanol–water partition coefficient (Wildman–Crippen LogP) is 6.10. The van der Waals surface area contributed by atoms with Crippen LogP contribution in [0.4, 0.5) is 4.39 Å². The van der Waals surface area contributed by atoms with Gasteiger partial charge in [-0.25, -0.2) is 9.37 Å². The molecule has 0 saturated heterocycles. The van der Waals surface area contributed by atoms with Gasteiger partial charge in [-0.3, -0.25) is 4.98 Å². The predicted molar refractivity (Wildman–Crippen MR) is 110 cm³/mol. The third-order valence-corrected chi connectivity index (χ3v) is 4.75. The Morgan fingerprint density at radius 2 is 1.46 bits per heavy atom. The lowest BCUT2D eigenvalue weighted by Gasteiger charge is -2.04. The van der Waals surface area contributed by atoms with Crippen LogP contribution in [0.3, 0.4) is 0 Å². The summed E-state index contributed by atoms with van der Waals surface area (Å²) in [5, 5.41) is 1.06. The van der Waals surface area contributed by atoms with Gasteiger partial charge < -0.3 is 4.98 Å². The number of nitrogens with zero attached hydrogens (tertiary/aromatic N) is 2. The highest BCUT2D eigenvalue weighted by Crippen LogP contribution is 2.33. The number of nitrogens with one attached hydrogen (secondary N) is 1. The van der Waals surface area contributed by atoms with E-state index in [0.717, 1.165) is 39.0 Å². The minimum atomic E-state index is -0.266. The number of imidazole rings is 1. The van der Waals surface area contributed by atoms with Crippen molar-refractivity contribution in [2.75, 3.05) is 0 Å². The van der Waals surface area contributed by atoms with Gasteiger partial charge in [-0.2, -0.15) is 0 Å². The number of halogens is 1. The molecule has 0 bridgehead atoms. The van der Waals surface area contributed by atoms with Crippen LogP contribution in [0.5, 0.6) is 0 Å². The van der Waals surface area contributed by atoms with Crippen molar-refractivity contribution in [2.24, 2.45) is 0 Å². The maximum Gasteiger partial charge on any atom is 0.138 e. The third kappa shape index (κ3) is 2.95. The van der Waals surface area contributed by atoms with Gasteiger partial charge in [0.05, 0.1) is 16.9 Å². The standard InChI is InChI=1S/C24H16FN3/c25-20-12-10-17(11-13-20)24-27-22(16-6-2-1-3-7-16)23(28-24)19-14-18-8-4-5-9-21(18)26-15-19/h1-15H,(H,27,28). The second-order valence-corrected chi connectivity index (χ2v) is 6.60. The van der Waals surface area contributed by atoms with E-state index in [1.807, 2.05) is 60.8 Å². The Hall–Kier alpha value is -3.79. The second kappa shape index (κ2) is 6.74. The maximum atomic E-state index is 13.3. The summed E-state index contributed by atoms with van der Waals surface area (Å²) in [6, 6.07) is 26.5. The average molecular weight is 365 g/mol. The molecule has 0 radical (unpaired) electrons. The van der Waals surface area contributed by atoms with Crippen LogP contribution < -0.4 is 0 Å². The molecule has 0 fully saturated rings. The number of hydrogen-bond donors (Lipinski definition) is 1.